The quantitative estimate of drug-likeness (QED) is 0.760. The van der Waals surface area contributed by atoms with Gasteiger partial charge in [0.15, 0.2) is 5.82 Å². The van der Waals surface area contributed by atoms with E-state index >= 15 is 0 Å². The van der Waals surface area contributed by atoms with Crippen molar-refractivity contribution in [2.24, 2.45) is 7.05 Å². The predicted molar refractivity (Wildman–Crippen MR) is 71.0 cm³/mol. The molecule has 0 saturated heterocycles. The molecule has 0 fully saturated rings. The molecule has 1 amide bonds. The number of rotatable bonds is 6. The van der Waals surface area contributed by atoms with Gasteiger partial charge in [-0.25, -0.2) is 9.78 Å². The molecule has 0 atom stereocenters. The molecule has 1 aromatic heterocycles. The molecule has 1 rings (SSSR count). The van der Waals surface area contributed by atoms with Crippen LogP contribution >= 0.6 is 0 Å². The fourth-order valence-electron chi connectivity index (χ4n) is 1.57. The van der Waals surface area contributed by atoms with Crippen LogP contribution in [0.3, 0.4) is 0 Å². The highest BCUT2D eigenvalue weighted by atomic mass is 16.5. The van der Waals surface area contributed by atoms with Gasteiger partial charge in [0, 0.05) is 19.7 Å². The number of hydrogen-bond acceptors (Lipinski definition) is 5. The van der Waals surface area contributed by atoms with E-state index in [4.69, 9.17) is 0 Å². The Bertz CT molecular complexity index is 454. The van der Waals surface area contributed by atoms with Crippen LogP contribution in [0.5, 0.6) is 0 Å². The van der Waals surface area contributed by atoms with Gasteiger partial charge >= 0.3 is 5.97 Å². The molecule has 0 unspecified atom stereocenters. The minimum Gasteiger partial charge on any atom is -0.463 e. The van der Waals surface area contributed by atoms with Gasteiger partial charge in [-0.3, -0.25) is 4.79 Å². The summed E-state index contributed by atoms with van der Waals surface area (Å²) in [5, 5.41) is 2.66. The van der Waals surface area contributed by atoms with Crippen molar-refractivity contribution in [2.75, 3.05) is 33.1 Å². The monoisotopic (exact) mass is 268 g/mol. The summed E-state index contributed by atoms with van der Waals surface area (Å²) in [5.41, 5.74) is 0. The number of aromatic nitrogens is 2. The Morgan fingerprint density at radius 3 is 2.74 bits per heavy atom. The minimum absolute atomic E-state index is 0.114. The van der Waals surface area contributed by atoms with Gasteiger partial charge in [-0.05, 0) is 27.1 Å². The lowest BCUT2D eigenvalue weighted by molar-refractivity contribution is -0.116. The smallest absolute Gasteiger partial charge is 0.374 e. The van der Waals surface area contributed by atoms with Gasteiger partial charge < -0.3 is 19.5 Å². The molecule has 0 spiro atoms. The van der Waals surface area contributed by atoms with Crippen LogP contribution in [-0.2, 0) is 16.6 Å². The molecule has 0 aromatic carbocycles. The van der Waals surface area contributed by atoms with Gasteiger partial charge in [0.1, 0.15) is 0 Å². The lowest BCUT2D eigenvalue weighted by Gasteiger charge is -2.08. The number of ether oxygens (including phenoxy) is 1. The van der Waals surface area contributed by atoms with Gasteiger partial charge in [0.2, 0.25) is 11.7 Å². The van der Waals surface area contributed by atoms with E-state index in [0.717, 1.165) is 13.0 Å². The maximum Gasteiger partial charge on any atom is 0.374 e. The number of esters is 1. The second-order valence-corrected chi connectivity index (χ2v) is 4.51. The Hall–Kier alpha value is -1.89. The molecule has 0 aliphatic rings. The summed E-state index contributed by atoms with van der Waals surface area (Å²) in [6, 6.07) is 0. The maximum absolute atomic E-state index is 11.7. The first-order valence-electron chi connectivity index (χ1n) is 6.00. The predicted octanol–water partition coefficient (Wildman–Crippen LogP) is 0.487. The van der Waals surface area contributed by atoms with Crippen molar-refractivity contribution in [1.82, 2.24) is 14.5 Å². The molecule has 106 valence electrons. The zero-order chi connectivity index (χ0) is 14.4. The highest BCUT2D eigenvalue weighted by molar-refractivity contribution is 5.91. The number of imidazole rings is 1. The number of anilines is 1. The second kappa shape index (κ2) is 6.89. The Kier molecular flexibility index (Phi) is 5.50. The number of methoxy groups -OCH3 is 1. The third-order valence-electron chi connectivity index (χ3n) is 2.52. The van der Waals surface area contributed by atoms with Crippen molar-refractivity contribution in [3.63, 3.8) is 0 Å². The van der Waals surface area contributed by atoms with Gasteiger partial charge in [-0.2, -0.15) is 0 Å². The van der Waals surface area contributed by atoms with Crippen molar-refractivity contribution >= 4 is 17.7 Å². The fourth-order valence-corrected chi connectivity index (χ4v) is 1.57. The first kappa shape index (κ1) is 15.2. The standard InChI is InChI=1S/C12H20N4O3/c1-15(2)7-5-6-10(17)13-9-8-16(3)11(14-9)12(18)19-4/h8H,5-7H2,1-4H3,(H,13,17). The molecule has 0 aliphatic heterocycles. The lowest BCUT2D eigenvalue weighted by atomic mass is 10.3. The Balaban J connectivity index is 2.53. The maximum atomic E-state index is 11.7. The number of aryl methyl sites for hydroxylation is 1. The summed E-state index contributed by atoms with van der Waals surface area (Å²) in [6.45, 7) is 0.850. The molecule has 0 bridgehead atoms. The second-order valence-electron chi connectivity index (χ2n) is 4.51. The van der Waals surface area contributed by atoms with E-state index < -0.39 is 5.97 Å². The van der Waals surface area contributed by atoms with Gasteiger partial charge in [-0.1, -0.05) is 0 Å². The van der Waals surface area contributed by atoms with E-state index in [0.29, 0.717) is 12.2 Å². The van der Waals surface area contributed by atoms with Crippen LogP contribution in [0.2, 0.25) is 0 Å². The summed E-state index contributed by atoms with van der Waals surface area (Å²) in [7, 11) is 6.87. The summed E-state index contributed by atoms with van der Waals surface area (Å²) in [4.78, 5) is 29.0. The Labute approximate surface area is 112 Å². The number of carbonyl (C=O) groups excluding carboxylic acids is 2. The molecule has 7 nitrogen and oxygen atoms in total. The van der Waals surface area contributed by atoms with Gasteiger partial charge in [-0.15, -0.1) is 0 Å². The number of carbonyl (C=O) groups is 2. The normalized spacial score (nSPS) is 10.6. The molecule has 0 saturated carbocycles. The number of hydrogen-bond donors (Lipinski definition) is 1. The first-order chi connectivity index (χ1) is 8.93. The average Bonchev–Trinajstić information content (AvgIpc) is 2.68. The molecular weight excluding hydrogens is 248 g/mol. The highest BCUT2D eigenvalue weighted by Gasteiger charge is 2.15. The van der Waals surface area contributed by atoms with Crippen molar-refractivity contribution < 1.29 is 14.3 Å². The molecule has 1 N–H and O–H groups in total. The summed E-state index contributed by atoms with van der Waals surface area (Å²) in [5.74, 6) is -0.129. The lowest BCUT2D eigenvalue weighted by Crippen LogP contribution is -2.17. The molecule has 0 aliphatic carbocycles. The third kappa shape index (κ3) is 4.70. The Morgan fingerprint density at radius 1 is 1.47 bits per heavy atom. The van der Waals surface area contributed by atoms with Crippen LogP contribution in [0, 0.1) is 0 Å². The van der Waals surface area contributed by atoms with E-state index in [1.54, 1.807) is 13.2 Å². The third-order valence-corrected chi connectivity index (χ3v) is 2.52. The first-order valence-corrected chi connectivity index (χ1v) is 6.00. The minimum atomic E-state index is -0.532. The topological polar surface area (TPSA) is 76.5 Å². The number of nitrogens with zero attached hydrogens (tertiary/aromatic N) is 3. The number of amides is 1. The summed E-state index contributed by atoms with van der Waals surface area (Å²) < 4.78 is 6.10. The zero-order valence-electron chi connectivity index (χ0n) is 11.8. The van der Waals surface area contributed by atoms with Crippen LogP contribution in [0.25, 0.3) is 0 Å². The van der Waals surface area contributed by atoms with Crippen LogP contribution in [0.1, 0.15) is 23.5 Å². The molecule has 1 heterocycles. The summed E-state index contributed by atoms with van der Waals surface area (Å²) in [6.07, 6.45) is 2.77. The molecule has 1 aromatic rings. The molecule has 7 heteroatoms. The molecule has 19 heavy (non-hydrogen) atoms. The van der Waals surface area contributed by atoms with E-state index in [2.05, 4.69) is 15.0 Å². The van der Waals surface area contributed by atoms with E-state index in [1.165, 1.54) is 11.7 Å². The van der Waals surface area contributed by atoms with Crippen molar-refractivity contribution in [3.05, 3.63) is 12.0 Å². The SMILES string of the molecule is COC(=O)c1nc(NC(=O)CCCN(C)C)cn1C. The molecular formula is C12H20N4O3. The fraction of sp³-hybridized carbons (Fsp3) is 0.583. The largest absolute Gasteiger partial charge is 0.463 e. The van der Waals surface area contributed by atoms with Crippen LogP contribution < -0.4 is 5.32 Å². The van der Waals surface area contributed by atoms with Gasteiger partial charge in [0.05, 0.1) is 7.11 Å². The van der Waals surface area contributed by atoms with E-state index in [1.807, 2.05) is 19.0 Å². The summed E-state index contributed by atoms with van der Waals surface area (Å²) >= 11 is 0. The van der Waals surface area contributed by atoms with E-state index in [9.17, 15) is 9.59 Å². The molecule has 0 radical (unpaired) electrons. The number of nitrogens with one attached hydrogen (secondary N) is 1. The van der Waals surface area contributed by atoms with Crippen molar-refractivity contribution in [1.29, 1.82) is 0 Å². The van der Waals surface area contributed by atoms with Crippen LogP contribution in [-0.4, -0.2) is 54.1 Å². The van der Waals surface area contributed by atoms with Gasteiger partial charge in [0.25, 0.3) is 0 Å². The van der Waals surface area contributed by atoms with Crippen molar-refractivity contribution in [3.8, 4) is 0 Å². The Morgan fingerprint density at radius 2 is 2.16 bits per heavy atom. The highest BCUT2D eigenvalue weighted by Crippen LogP contribution is 2.08. The van der Waals surface area contributed by atoms with E-state index in [-0.39, 0.29) is 11.7 Å². The van der Waals surface area contributed by atoms with Crippen LogP contribution in [0.4, 0.5) is 5.82 Å². The van der Waals surface area contributed by atoms with Crippen LogP contribution in [0.15, 0.2) is 6.20 Å². The van der Waals surface area contributed by atoms with Crippen molar-refractivity contribution in [2.45, 2.75) is 12.8 Å². The zero-order valence-corrected chi connectivity index (χ0v) is 11.8. The average molecular weight is 268 g/mol.